The van der Waals surface area contributed by atoms with Crippen molar-refractivity contribution in [2.24, 2.45) is 0 Å². The van der Waals surface area contributed by atoms with Gasteiger partial charge >= 0.3 is 11.9 Å². The van der Waals surface area contributed by atoms with Gasteiger partial charge in [-0.3, -0.25) is 9.69 Å². The Balaban J connectivity index is 1.77. The molecule has 0 aromatic heterocycles. The summed E-state index contributed by atoms with van der Waals surface area (Å²) in [6.45, 7) is 3.06. The summed E-state index contributed by atoms with van der Waals surface area (Å²) >= 11 is 0. The van der Waals surface area contributed by atoms with Crippen LogP contribution in [0.1, 0.15) is 18.1 Å². The molecular weight excluding hydrogens is 426 g/mol. The molecule has 0 saturated carbocycles. The molecule has 1 fully saturated rings. The Kier molecular flexibility index (Phi) is 7.99. The average molecular weight is 451 g/mol. The van der Waals surface area contributed by atoms with E-state index in [9.17, 15) is 14.4 Å². The Morgan fingerprint density at radius 3 is 1.55 bits per heavy atom. The molecule has 0 radical (unpaired) electrons. The third-order valence-electron chi connectivity index (χ3n) is 4.99. The number of piperidine rings is 1. The van der Waals surface area contributed by atoms with Crippen LogP contribution in [0.15, 0.2) is 59.7 Å². The van der Waals surface area contributed by atoms with E-state index in [1.807, 2.05) is 19.1 Å². The van der Waals surface area contributed by atoms with Crippen LogP contribution in [-0.4, -0.2) is 65.7 Å². The molecule has 0 amide bonds. The Morgan fingerprint density at radius 1 is 0.818 bits per heavy atom. The first kappa shape index (κ1) is 23.7. The van der Waals surface area contributed by atoms with Gasteiger partial charge in [-0.1, -0.05) is 31.2 Å². The number of ketones is 1. The number of Topliss-reactive ketones (excluding diaryl/α,β-unsaturated/α-hetero) is 1. The minimum absolute atomic E-state index is 0.0305. The first-order valence-corrected chi connectivity index (χ1v) is 10.4. The van der Waals surface area contributed by atoms with Crippen molar-refractivity contribution >= 4 is 29.9 Å². The Bertz CT molecular complexity index is 985. The fraction of sp³-hybridized carbons (Fsp3) is 0.240. The zero-order valence-electron chi connectivity index (χ0n) is 18.2. The SMILES string of the molecule is CCN1C/C(=C/c2ccc(OCC(=O)O)cc2)C(=O)/C(=C/c2ccc(OCC(=O)O)cc2)C1. The van der Waals surface area contributed by atoms with Crippen molar-refractivity contribution in [3.05, 3.63) is 70.8 Å². The van der Waals surface area contributed by atoms with Gasteiger partial charge in [-0.05, 0) is 54.1 Å². The number of aliphatic carboxylic acids is 2. The zero-order chi connectivity index (χ0) is 23.8. The molecule has 3 rings (SSSR count). The standard InChI is InChI=1S/C25H25NO7/c1-2-26-13-19(11-17-3-7-21(8-4-17)32-15-23(27)28)25(31)20(14-26)12-18-5-9-22(10-6-18)33-16-24(29)30/h3-12H,2,13-16H2,1H3,(H,27,28)(H,29,30)/b19-11-,20-12+. The lowest BCUT2D eigenvalue weighted by Crippen LogP contribution is -2.37. The van der Waals surface area contributed by atoms with Gasteiger partial charge in [-0.25, -0.2) is 9.59 Å². The highest BCUT2D eigenvalue weighted by atomic mass is 16.5. The predicted molar refractivity (Wildman–Crippen MR) is 122 cm³/mol. The van der Waals surface area contributed by atoms with Crippen LogP contribution in [0.25, 0.3) is 12.2 Å². The smallest absolute Gasteiger partial charge is 0.341 e. The molecule has 8 nitrogen and oxygen atoms in total. The summed E-state index contributed by atoms with van der Waals surface area (Å²) in [5, 5.41) is 17.4. The van der Waals surface area contributed by atoms with E-state index in [0.29, 0.717) is 35.7 Å². The highest BCUT2D eigenvalue weighted by Crippen LogP contribution is 2.23. The van der Waals surface area contributed by atoms with Gasteiger partial charge in [-0.2, -0.15) is 0 Å². The van der Waals surface area contributed by atoms with E-state index in [1.165, 1.54) is 0 Å². The summed E-state index contributed by atoms with van der Waals surface area (Å²) in [6, 6.07) is 13.8. The molecule has 172 valence electrons. The molecule has 1 aliphatic rings. The quantitative estimate of drug-likeness (QED) is 0.560. The van der Waals surface area contributed by atoms with E-state index in [-0.39, 0.29) is 5.78 Å². The summed E-state index contributed by atoms with van der Waals surface area (Å²) in [5.74, 6) is -1.23. The van der Waals surface area contributed by atoms with E-state index in [0.717, 1.165) is 17.7 Å². The zero-order valence-corrected chi connectivity index (χ0v) is 18.2. The molecule has 0 atom stereocenters. The van der Waals surface area contributed by atoms with Crippen molar-refractivity contribution in [1.29, 1.82) is 0 Å². The minimum Gasteiger partial charge on any atom is -0.482 e. The van der Waals surface area contributed by atoms with Gasteiger partial charge in [0.15, 0.2) is 19.0 Å². The maximum atomic E-state index is 13.1. The third kappa shape index (κ3) is 7.05. The van der Waals surface area contributed by atoms with Crippen LogP contribution in [0.3, 0.4) is 0 Å². The van der Waals surface area contributed by atoms with Crippen molar-refractivity contribution in [3.63, 3.8) is 0 Å². The Labute approximate surface area is 191 Å². The number of carboxylic acids is 2. The summed E-state index contributed by atoms with van der Waals surface area (Å²) < 4.78 is 10.3. The highest BCUT2D eigenvalue weighted by Gasteiger charge is 2.25. The topological polar surface area (TPSA) is 113 Å². The van der Waals surface area contributed by atoms with Crippen LogP contribution in [0.2, 0.25) is 0 Å². The fourth-order valence-electron chi connectivity index (χ4n) is 3.35. The second-order valence-corrected chi connectivity index (χ2v) is 7.47. The number of ether oxygens (including phenoxy) is 2. The number of carboxylic acid groups (broad SMARTS) is 2. The van der Waals surface area contributed by atoms with Crippen LogP contribution >= 0.6 is 0 Å². The average Bonchev–Trinajstić information content (AvgIpc) is 2.80. The van der Waals surface area contributed by atoms with E-state index < -0.39 is 25.2 Å². The maximum Gasteiger partial charge on any atom is 0.341 e. The van der Waals surface area contributed by atoms with Crippen LogP contribution < -0.4 is 9.47 Å². The molecule has 1 heterocycles. The number of likely N-dealkylation sites (tertiary alicyclic amines) is 1. The number of benzene rings is 2. The molecule has 8 heteroatoms. The van der Waals surface area contributed by atoms with Crippen LogP contribution in [0, 0.1) is 0 Å². The molecule has 0 bridgehead atoms. The summed E-state index contributed by atoms with van der Waals surface area (Å²) in [7, 11) is 0. The van der Waals surface area contributed by atoms with E-state index in [4.69, 9.17) is 19.7 Å². The number of nitrogens with zero attached hydrogens (tertiary/aromatic N) is 1. The van der Waals surface area contributed by atoms with E-state index in [2.05, 4.69) is 4.90 Å². The number of hydrogen-bond donors (Lipinski definition) is 2. The highest BCUT2D eigenvalue weighted by molar-refractivity contribution is 6.14. The van der Waals surface area contributed by atoms with E-state index >= 15 is 0 Å². The normalized spacial score (nSPS) is 16.7. The van der Waals surface area contributed by atoms with Crippen molar-refractivity contribution in [2.75, 3.05) is 32.8 Å². The van der Waals surface area contributed by atoms with Gasteiger partial charge in [0.25, 0.3) is 0 Å². The molecule has 0 spiro atoms. The van der Waals surface area contributed by atoms with Gasteiger partial charge in [0.05, 0.1) is 0 Å². The summed E-state index contributed by atoms with van der Waals surface area (Å²) in [4.78, 5) is 36.5. The number of carbonyl (C=O) groups excluding carboxylic acids is 1. The van der Waals surface area contributed by atoms with Gasteiger partial charge in [0.1, 0.15) is 11.5 Å². The Hall–Kier alpha value is -3.91. The molecule has 2 N–H and O–H groups in total. The molecule has 1 aliphatic heterocycles. The van der Waals surface area contributed by atoms with Crippen molar-refractivity contribution in [3.8, 4) is 11.5 Å². The van der Waals surface area contributed by atoms with Gasteiger partial charge in [0, 0.05) is 24.2 Å². The molecule has 1 saturated heterocycles. The number of rotatable bonds is 9. The molecule has 0 unspecified atom stereocenters. The Morgan fingerprint density at radius 2 is 1.21 bits per heavy atom. The lowest BCUT2D eigenvalue weighted by molar-refractivity contribution is -0.140. The lowest BCUT2D eigenvalue weighted by atomic mass is 9.94. The van der Waals surface area contributed by atoms with Crippen LogP contribution in [-0.2, 0) is 14.4 Å². The second kappa shape index (κ2) is 11.1. The first-order valence-electron chi connectivity index (χ1n) is 10.4. The predicted octanol–water partition coefficient (Wildman–Crippen LogP) is 2.99. The largest absolute Gasteiger partial charge is 0.482 e. The van der Waals surface area contributed by atoms with Gasteiger partial charge in [0.2, 0.25) is 0 Å². The third-order valence-corrected chi connectivity index (χ3v) is 4.99. The van der Waals surface area contributed by atoms with Crippen LogP contribution in [0.4, 0.5) is 0 Å². The van der Waals surface area contributed by atoms with Crippen molar-refractivity contribution in [1.82, 2.24) is 4.90 Å². The number of carbonyl (C=O) groups is 3. The van der Waals surface area contributed by atoms with Crippen molar-refractivity contribution in [2.45, 2.75) is 6.92 Å². The lowest BCUT2D eigenvalue weighted by Gasteiger charge is -2.28. The summed E-state index contributed by atoms with van der Waals surface area (Å²) in [6.07, 6.45) is 3.67. The molecule has 0 aliphatic carbocycles. The molecule has 2 aromatic rings. The maximum absolute atomic E-state index is 13.1. The monoisotopic (exact) mass is 451 g/mol. The van der Waals surface area contributed by atoms with Gasteiger partial charge < -0.3 is 19.7 Å². The van der Waals surface area contributed by atoms with Crippen LogP contribution in [0.5, 0.6) is 11.5 Å². The van der Waals surface area contributed by atoms with Crippen molar-refractivity contribution < 1.29 is 34.1 Å². The summed E-state index contributed by atoms with van der Waals surface area (Å²) in [5.41, 5.74) is 2.96. The molecular formula is C25H25NO7. The fourth-order valence-corrected chi connectivity index (χ4v) is 3.35. The minimum atomic E-state index is -1.05. The number of likely N-dealkylation sites (N-methyl/N-ethyl adjacent to an activating group) is 1. The molecule has 33 heavy (non-hydrogen) atoms. The number of hydrogen-bond acceptors (Lipinski definition) is 6. The second-order valence-electron chi connectivity index (χ2n) is 7.47. The molecule has 2 aromatic carbocycles. The first-order chi connectivity index (χ1) is 15.8. The van der Waals surface area contributed by atoms with Gasteiger partial charge in [-0.15, -0.1) is 0 Å². The van der Waals surface area contributed by atoms with E-state index in [1.54, 1.807) is 48.5 Å².